The minimum atomic E-state index is 0.276. The quantitative estimate of drug-likeness (QED) is 0.707. The van der Waals surface area contributed by atoms with Gasteiger partial charge in [0.25, 0.3) is 0 Å². The highest BCUT2D eigenvalue weighted by molar-refractivity contribution is 5.98. The zero-order valence-corrected chi connectivity index (χ0v) is 9.25. The molecule has 1 aromatic carbocycles. The molecule has 1 aliphatic carbocycles. The summed E-state index contributed by atoms with van der Waals surface area (Å²) < 4.78 is 5.17. The Balaban J connectivity index is 2.21. The number of ether oxygens (including phenoxy) is 1. The number of benzene rings is 1. The van der Waals surface area contributed by atoms with Gasteiger partial charge in [0.15, 0.2) is 5.78 Å². The zero-order valence-electron chi connectivity index (χ0n) is 9.25. The van der Waals surface area contributed by atoms with Crippen LogP contribution in [-0.2, 0) is 0 Å². The Bertz CT molecular complexity index is 378. The molecule has 0 aliphatic heterocycles. The monoisotopic (exact) mass is 204 g/mol. The molecular formula is C13H16O2. The number of ketones is 1. The third kappa shape index (κ3) is 1.89. The number of hydrogen-bond donors (Lipinski definition) is 0. The number of aryl methyl sites for hydroxylation is 1. The molecule has 1 aliphatic rings. The van der Waals surface area contributed by atoms with E-state index < -0.39 is 0 Å². The van der Waals surface area contributed by atoms with Crippen LogP contribution in [0.2, 0.25) is 0 Å². The van der Waals surface area contributed by atoms with Crippen LogP contribution in [0.4, 0.5) is 0 Å². The molecule has 1 fully saturated rings. The van der Waals surface area contributed by atoms with Crippen molar-refractivity contribution in [3.05, 3.63) is 29.3 Å². The molecular weight excluding hydrogens is 188 g/mol. The first-order valence-electron chi connectivity index (χ1n) is 5.41. The Morgan fingerprint density at radius 1 is 1.40 bits per heavy atom. The van der Waals surface area contributed by atoms with Crippen LogP contribution >= 0.6 is 0 Å². The number of carbonyl (C=O) groups is 1. The van der Waals surface area contributed by atoms with E-state index in [9.17, 15) is 4.79 Å². The van der Waals surface area contributed by atoms with E-state index in [4.69, 9.17) is 4.74 Å². The minimum absolute atomic E-state index is 0.276. The van der Waals surface area contributed by atoms with Gasteiger partial charge in [-0.2, -0.15) is 0 Å². The molecule has 2 nitrogen and oxygen atoms in total. The molecule has 15 heavy (non-hydrogen) atoms. The summed E-state index contributed by atoms with van der Waals surface area (Å²) in [7, 11) is 1.65. The van der Waals surface area contributed by atoms with Gasteiger partial charge in [-0.3, -0.25) is 4.79 Å². The normalized spacial score (nSPS) is 15.9. The third-order valence-corrected chi connectivity index (χ3v) is 3.16. The number of rotatable bonds is 3. The Morgan fingerprint density at radius 3 is 2.60 bits per heavy atom. The van der Waals surface area contributed by atoms with Crippen LogP contribution in [0, 0.1) is 12.8 Å². The number of Topliss-reactive ketones (excluding diaryl/α,β-unsaturated/α-hetero) is 1. The molecule has 2 heteroatoms. The van der Waals surface area contributed by atoms with Gasteiger partial charge < -0.3 is 4.74 Å². The fourth-order valence-corrected chi connectivity index (χ4v) is 1.94. The van der Waals surface area contributed by atoms with Crippen molar-refractivity contribution in [3.63, 3.8) is 0 Å². The maximum absolute atomic E-state index is 11.9. The Morgan fingerprint density at radius 2 is 2.13 bits per heavy atom. The van der Waals surface area contributed by atoms with Crippen molar-refractivity contribution in [2.75, 3.05) is 7.11 Å². The van der Waals surface area contributed by atoms with Gasteiger partial charge in [0.2, 0.25) is 0 Å². The maximum atomic E-state index is 11.9. The predicted octanol–water partition coefficient (Wildman–Crippen LogP) is 2.99. The van der Waals surface area contributed by atoms with Gasteiger partial charge in [-0.15, -0.1) is 0 Å². The van der Waals surface area contributed by atoms with E-state index in [-0.39, 0.29) is 5.92 Å². The summed E-state index contributed by atoms with van der Waals surface area (Å²) in [6, 6.07) is 5.67. The van der Waals surface area contributed by atoms with Gasteiger partial charge in [0, 0.05) is 11.5 Å². The van der Waals surface area contributed by atoms with Crippen LogP contribution in [0.1, 0.15) is 35.2 Å². The van der Waals surface area contributed by atoms with Gasteiger partial charge >= 0.3 is 0 Å². The minimum Gasteiger partial charge on any atom is -0.496 e. The second-order valence-corrected chi connectivity index (χ2v) is 4.18. The first-order valence-corrected chi connectivity index (χ1v) is 5.41. The summed E-state index contributed by atoms with van der Waals surface area (Å²) in [5, 5.41) is 0. The fraction of sp³-hybridized carbons (Fsp3) is 0.462. The lowest BCUT2D eigenvalue weighted by molar-refractivity contribution is 0.0855. The first-order chi connectivity index (χ1) is 7.22. The summed E-state index contributed by atoms with van der Waals surface area (Å²) in [5.41, 5.74) is 1.86. The average molecular weight is 204 g/mol. The summed E-state index contributed by atoms with van der Waals surface area (Å²) in [6.45, 7) is 1.97. The molecule has 0 saturated heterocycles. The second kappa shape index (κ2) is 4.05. The van der Waals surface area contributed by atoms with Crippen molar-refractivity contribution in [2.24, 2.45) is 5.92 Å². The largest absolute Gasteiger partial charge is 0.496 e. The molecule has 80 valence electrons. The Kier molecular flexibility index (Phi) is 2.76. The van der Waals surface area contributed by atoms with E-state index in [2.05, 4.69) is 0 Å². The van der Waals surface area contributed by atoms with Crippen molar-refractivity contribution >= 4 is 5.78 Å². The topological polar surface area (TPSA) is 26.3 Å². The smallest absolute Gasteiger partial charge is 0.165 e. The molecule has 0 heterocycles. The fourth-order valence-electron chi connectivity index (χ4n) is 1.94. The molecule has 2 rings (SSSR count). The molecule has 0 aromatic heterocycles. The lowest BCUT2D eigenvalue weighted by Gasteiger charge is -2.24. The summed E-state index contributed by atoms with van der Waals surface area (Å²) in [4.78, 5) is 11.9. The van der Waals surface area contributed by atoms with E-state index in [1.165, 1.54) is 6.42 Å². The third-order valence-electron chi connectivity index (χ3n) is 3.16. The van der Waals surface area contributed by atoms with Gasteiger partial charge in [-0.1, -0.05) is 6.42 Å². The molecule has 0 spiro atoms. The summed E-state index contributed by atoms with van der Waals surface area (Å²) in [6.07, 6.45) is 3.32. The predicted molar refractivity (Wildman–Crippen MR) is 59.4 cm³/mol. The summed E-state index contributed by atoms with van der Waals surface area (Å²) >= 11 is 0. The van der Waals surface area contributed by atoms with Gasteiger partial charge in [-0.25, -0.2) is 0 Å². The highest BCUT2D eigenvalue weighted by Crippen LogP contribution is 2.30. The lowest BCUT2D eigenvalue weighted by Crippen LogP contribution is -2.21. The second-order valence-electron chi connectivity index (χ2n) is 4.18. The van der Waals surface area contributed by atoms with Crippen LogP contribution in [0.25, 0.3) is 0 Å². The summed E-state index contributed by atoms with van der Waals surface area (Å²) in [5.74, 6) is 1.42. The molecule has 0 N–H and O–H groups in total. The van der Waals surface area contributed by atoms with Crippen LogP contribution in [0.3, 0.4) is 0 Å². The molecule has 0 amide bonds. The molecule has 0 atom stereocenters. The molecule has 0 radical (unpaired) electrons. The lowest BCUT2D eigenvalue weighted by atomic mass is 9.80. The zero-order chi connectivity index (χ0) is 10.8. The van der Waals surface area contributed by atoms with E-state index in [1.807, 2.05) is 25.1 Å². The van der Waals surface area contributed by atoms with Crippen LogP contribution in [-0.4, -0.2) is 12.9 Å². The van der Waals surface area contributed by atoms with Gasteiger partial charge in [-0.05, 0) is 43.5 Å². The molecule has 1 aromatic rings. The molecule has 0 bridgehead atoms. The standard InChI is InChI=1S/C13H16O2/c1-9-8-11(6-7-12(9)15-2)13(14)10-4-3-5-10/h6-8,10H,3-5H2,1-2H3. The molecule has 0 unspecified atom stereocenters. The van der Waals surface area contributed by atoms with Crippen LogP contribution in [0.5, 0.6) is 5.75 Å². The van der Waals surface area contributed by atoms with Crippen LogP contribution in [0.15, 0.2) is 18.2 Å². The van der Waals surface area contributed by atoms with E-state index >= 15 is 0 Å². The van der Waals surface area contributed by atoms with E-state index in [1.54, 1.807) is 7.11 Å². The number of hydrogen-bond acceptors (Lipinski definition) is 2. The van der Waals surface area contributed by atoms with Crippen molar-refractivity contribution in [3.8, 4) is 5.75 Å². The highest BCUT2D eigenvalue weighted by atomic mass is 16.5. The maximum Gasteiger partial charge on any atom is 0.165 e. The number of methoxy groups -OCH3 is 1. The van der Waals surface area contributed by atoms with Crippen molar-refractivity contribution in [1.82, 2.24) is 0 Å². The highest BCUT2D eigenvalue weighted by Gasteiger charge is 2.26. The van der Waals surface area contributed by atoms with Crippen LogP contribution < -0.4 is 4.74 Å². The van der Waals surface area contributed by atoms with Crippen molar-refractivity contribution < 1.29 is 9.53 Å². The van der Waals surface area contributed by atoms with Gasteiger partial charge in [0.05, 0.1) is 7.11 Å². The number of carbonyl (C=O) groups excluding carboxylic acids is 1. The SMILES string of the molecule is COc1ccc(C(=O)C2CCC2)cc1C. The van der Waals surface area contributed by atoms with E-state index in [0.29, 0.717) is 5.78 Å². The average Bonchev–Trinajstić information content (AvgIpc) is 2.15. The molecule has 1 saturated carbocycles. The Labute approximate surface area is 90.3 Å². The van der Waals surface area contributed by atoms with E-state index in [0.717, 1.165) is 29.7 Å². The van der Waals surface area contributed by atoms with Crippen molar-refractivity contribution in [2.45, 2.75) is 26.2 Å². The van der Waals surface area contributed by atoms with Crippen molar-refractivity contribution in [1.29, 1.82) is 0 Å². The Hall–Kier alpha value is -1.31. The first kappa shape index (κ1) is 10.2. The van der Waals surface area contributed by atoms with Gasteiger partial charge in [0.1, 0.15) is 5.75 Å².